The molecule has 0 bridgehead atoms. The predicted molar refractivity (Wildman–Crippen MR) is 144 cm³/mol. The van der Waals surface area contributed by atoms with Crippen LogP contribution in [0.25, 0.3) is 0 Å². The topological polar surface area (TPSA) is 125 Å². The van der Waals surface area contributed by atoms with Crippen molar-refractivity contribution in [1.82, 2.24) is 0 Å². The second-order valence-corrected chi connectivity index (χ2v) is 14.8. The van der Waals surface area contributed by atoms with Gasteiger partial charge in [-0.1, -0.05) is 20.8 Å². The molecule has 0 radical (unpaired) electrons. The lowest BCUT2D eigenvalue weighted by Crippen LogP contribution is -2.63. The monoisotopic (exact) mass is 572 g/mol. The third-order valence-electron chi connectivity index (χ3n) is 11.3. The van der Waals surface area contributed by atoms with Gasteiger partial charge in [0.15, 0.2) is 0 Å². The zero-order valence-electron chi connectivity index (χ0n) is 24.4. The molecule has 0 unspecified atom stereocenters. The molecular formula is C29H48O9S. The lowest BCUT2D eigenvalue weighted by molar-refractivity contribution is -0.202. The van der Waals surface area contributed by atoms with Gasteiger partial charge >= 0.3 is 12.1 Å². The fraction of sp³-hybridized carbons (Fsp3) is 0.931. The van der Waals surface area contributed by atoms with Crippen LogP contribution in [-0.4, -0.2) is 63.9 Å². The predicted octanol–water partition coefficient (Wildman–Crippen LogP) is 4.70. The summed E-state index contributed by atoms with van der Waals surface area (Å²) in [6.45, 7) is 8.61. The summed E-state index contributed by atoms with van der Waals surface area (Å²) >= 11 is 0. The average Bonchev–Trinajstić information content (AvgIpc) is 3.21. The van der Waals surface area contributed by atoms with E-state index in [4.69, 9.17) is 18.4 Å². The van der Waals surface area contributed by atoms with E-state index in [9.17, 15) is 23.1 Å². The first-order valence-electron chi connectivity index (χ1n) is 14.7. The fourth-order valence-corrected chi connectivity index (χ4v) is 10.2. The number of rotatable bonds is 8. The van der Waals surface area contributed by atoms with Gasteiger partial charge in [0, 0.05) is 11.8 Å². The Bertz CT molecular complexity index is 1010. The number of fused-ring (bicyclic) bond motifs is 5. The van der Waals surface area contributed by atoms with E-state index in [2.05, 4.69) is 20.8 Å². The Balaban J connectivity index is 1.62. The Morgan fingerprint density at radius 2 is 1.79 bits per heavy atom. The second-order valence-electron chi connectivity index (χ2n) is 13.2. The van der Waals surface area contributed by atoms with Crippen molar-refractivity contribution in [2.24, 2.45) is 46.3 Å². The maximum Gasteiger partial charge on any atom is 0.508 e. The summed E-state index contributed by atoms with van der Waals surface area (Å²) in [4.78, 5) is 23.8. The van der Waals surface area contributed by atoms with Gasteiger partial charge in [-0.15, -0.1) is 0 Å². The maximum absolute atomic E-state index is 12.6. The van der Waals surface area contributed by atoms with Crippen molar-refractivity contribution in [2.75, 3.05) is 20.0 Å². The SMILES string of the molecule is CCOC(=O)O[C@@H]1CC[C@@]2(C)[C@@H](C1)C[C@@H](O)[C@@H]1[C@@H]2C[C@H](OS(C)(=O)=O)[C@]2(C)[C@@H]([C@H](C)CCC(=O)OC)CC[C@@H]12. The zero-order chi connectivity index (χ0) is 28.8. The zero-order valence-corrected chi connectivity index (χ0v) is 25.2. The van der Waals surface area contributed by atoms with Crippen molar-refractivity contribution >= 4 is 22.2 Å². The first kappa shape index (κ1) is 30.6. The van der Waals surface area contributed by atoms with Gasteiger partial charge < -0.3 is 19.3 Å². The molecule has 9 nitrogen and oxygen atoms in total. The first-order valence-corrected chi connectivity index (χ1v) is 16.5. The molecule has 4 aliphatic carbocycles. The molecule has 0 heterocycles. The minimum absolute atomic E-state index is 0.0518. The van der Waals surface area contributed by atoms with Crippen LogP contribution in [0, 0.1) is 46.3 Å². The molecule has 4 fully saturated rings. The van der Waals surface area contributed by atoms with E-state index in [-0.39, 0.29) is 59.6 Å². The Hall–Kier alpha value is -1.39. The van der Waals surface area contributed by atoms with E-state index in [0.717, 1.165) is 31.9 Å². The van der Waals surface area contributed by atoms with Crippen molar-refractivity contribution in [3.05, 3.63) is 0 Å². The highest BCUT2D eigenvalue weighted by atomic mass is 32.2. The minimum Gasteiger partial charge on any atom is -0.469 e. The molecule has 1 N–H and O–H groups in total. The third kappa shape index (κ3) is 5.85. The average molecular weight is 573 g/mol. The molecule has 39 heavy (non-hydrogen) atoms. The van der Waals surface area contributed by atoms with E-state index in [1.807, 2.05) is 0 Å². The molecule has 0 aliphatic heterocycles. The Labute approximate surface area is 233 Å². The minimum atomic E-state index is -3.72. The summed E-state index contributed by atoms with van der Waals surface area (Å²) in [7, 11) is -2.32. The van der Waals surface area contributed by atoms with Gasteiger partial charge in [0.05, 0.1) is 32.2 Å². The molecule has 0 aromatic rings. The quantitative estimate of drug-likeness (QED) is 0.325. The lowest BCUT2D eigenvalue weighted by atomic mass is 9.43. The van der Waals surface area contributed by atoms with E-state index in [1.54, 1.807) is 6.92 Å². The lowest BCUT2D eigenvalue weighted by Gasteiger charge is -2.64. The van der Waals surface area contributed by atoms with Crippen LogP contribution in [-0.2, 0) is 33.3 Å². The van der Waals surface area contributed by atoms with Crippen LogP contribution in [0.3, 0.4) is 0 Å². The highest BCUT2D eigenvalue weighted by Crippen LogP contribution is 2.69. The van der Waals surface area contributed by atoms with Gasteiger partial charge in [-0.05, 0) is 99.2 Å². The van der Waals surface area contributed by atoms with Gasteiger partial charge in [-0.25, -0.2) is 4.79 Å². The number of aliphatic hydroxyl groups is 1. The Morgan fingerprint density at radius 1 is 1.08 bits per heavy atom. The molecule has 224 valence electrons. The molecule has 0 aromatic carbocycles. The highest BCUT2D eigenvalue weighted by molar-refractivity contribution is 7.86. The van der Waals surface area contributed by atoms with Gasteiger partial charge in [0.1, 0.15) is 6.10 Å². The van der Waals surface area contributed by atoms with E-state index < -0.39 is 33.9 Å². The maximum atomic E-state index is 12.6. The van der Waals surface area contributed by atoms with Crippen molar-refractivity contribution in [3.8, 4) is 0 Å². The molecule has 0 amide bonds. The van der Waals surface area contributed by atoms with Gasteiger partial charge in [0.25, 0.3) is 10.1 Å². The summed E-state index contributed by atoms with van der Waals surface area (Å²) in [5.74, 6) is 0.543. The van der Waals surface area contributed by atoms with Crippen LogP contribution >= 0.6 is 0 Å². The number of aliphatic hydroxyl groups excluding tert-OH is 1. The second kappa shape index (κ2) is 11.5. The van der Waals surface area contributed by atoms with Crippen LogP contribution in [0.2, 0.25) is 0 Å². The van der Waals surface area contributed by atoms with Crippen molar-refractivity contribution in [2.45, 2.75) is 104 Å². The fourth-order valence-electron chi connectivity index (χ4n) is 9.49. The number of ether oxygens (including phenoxy) is 3. The third-order valence-corrected chi connectivity index (χ3v) is 11.9. The Morgan fingerprint density at radius 3 is 2.44 bits per heavy atom. The molecule has 11 atom stereocenters. The largest absolute Gasteiger partial charge is 0.508 e. The van der Waals surface area contributed by atoms with Gasteiger partial charge in [-0.2, -0.15) is 8.42 Å². The molecular weight excluding hydrogens is 524 g/mol. The number of esters is 1. The standard InChI is InChI=1S/C29H48O9S/c1-7-36-27(32)37-19-12-13-28(3)18(14-19)15-23(30)26-21-10-9-20(17(2)8-11-25(31)35-5)29(21,4)24(16-22(26)28)38-39(6,33)34/h17-24,26,30H,7-16H2,1-6H3/t17-,18+,19-,20-,21+,22+,23-,24+,26+,28+,29-/m1/s1. The van der Waals surface area contributed by atoms with Crippen LogP contribution in [0.4, 0.5) is 4.79 Å². The number of carbonyl (C=O) groups excluding carboxylic acids is 2. The number of methoxy groups -OCH3 is 1. The number of hydrogen-bond acceptors (Lipinski definition) is 9. The molecule has 10 heteroatoms. The Kier molecular flexibility index (Phi) is 8.99. The summed E-state index contributed by atoms with van der Waals surface area (Å²) < 4.78 is 46.5. The summed E-state index contributed by atoms with van der Waals surface area (Å²) in [6, 6.07) is 0. The molecule has 0 spiro atoms. The number of carbonyl (C=O) groups is 2. The molecule has 4 saturated carbocycles. The molecule has 0 aromatic heterocycles. The molecule has 4 aliphatic rings. The van der Waals surface area contributed by atoms with Crippen LogP contribution in [0.15, 0.2) is 0 Å². The first-order chi connectivity index (χ1) is 18.2. The number of hydrogen-bond donors (Lipinski definition) is 1. The van der Waals surface area contributed by atoms with Crippen LogP contribution in [0.5, 0.6) is 0 Å². The molecule has 4 rings (SSSR count). The normalized spacial score (nSPS) is 42.4. The van der Waals surface area contributed by atoms with Crippen molar-refractivity contribution in [1.29, 1.82) is 0 Å². The van der Waals surface area contributed by atoms with E-state index >= 15 is 0 Å². The van der Waals surface area contributed by atoms with Gasteiger partial charge in [-0.3, -0.25) is 8.98 Å². The van der Waals surface area contributed by atoms with Gasteiger partial charge in [0.2, 0.25) is 0 Å². The van der Waals surface area contributed by atoms with E-state index in [1.165, 1.54) is 7.11 Å². The van der Waals surface area contributed by atoms with Crippen LogP contribution in [0.1, 0.15) is 85.5 Å². The molecule has 0 saturated heterocycles. The smallest absolute Gasteiger partial charge is 0.469 e. The van der Waals surface area contributed by atoms with Crippen LogP contribution < -0.4 is 0 Å². The summed E-state index contributed by atoms with van der Waals surface area (Å²) in [5.41, 5.74) is -0.554. The van der Waals surface area contributed by atoms with Crippen molar-refractivity contribution < 1.29 is 41.5 Å². The summed E-state index contributed by atoms with van der Waals surface area (Å²) in [5, 5.41) is 11.7. The van der Waals surface area contributed by atoms with Crippen molar-refractivity contribution in [3.63, 3.8) is 0 Å². The van der Waals surface area contributed by atoms with E-state index in [0.29, 0.717) is 32.1 Å². The highest BCUT2D eigenvalue weighted by Gasteiger charge is 2.66. The summed E-state index contributed by atoms with van der Waals surface area (Å²) in [6.07, 6.45) is 5.49.